The van der Waals surface area contributed by atoms with Gasteiger partial charge in [0.2, 0.25) is 0 Å². The normalized spacial score (nSPS) is 30.9. The standard InChI is InChI=1S/C18H31NO2/c1-19-17(13-15-5-3-2-4-6-15)16-7-10-21-18(14-16)8-11-20-12-9-18/h5,16-17,19H,2-4,6-14H2,1H3. The van der Waals surface area contributed by atoms with Crippen LogP contribution >= 0.6 is 0 Å². The van der Waals surface area contributed by atoms with Crippen LogP contribution in [0.1, 0.15) is 57.8 Å². The van der Waals surface area contributed by atoms with E-state index >= 15 is 0 Å². The van der Waals surface area contributed by atoms with Gasteiger partial charge in [-0.3, -0.25) is 0 Å². The number of allylic oxidation sites excluding steroid dienone is 1. The molecule has 1 N–H and O–H groups in total. The van der Waals surface area contributed by atoms with Crippen LogP contribution in [0, 0.1) is 5.92 Å². The molecule has 0 amide bonds. The topological polar surface area (TPSA) is 30.5 Å². The third kappa shape index (κ3) is 3.88. The van der Waals surface area contributed by atoms with Crippen LogP contribution in [0.4, 0.5) is 0 Å². The van der Waals surface area contributed by atoms with Crippen LogP contribution in [0.2, 0.25) is 0 Å². The SMILES string of the molecule is CNC(CC1=CCCCC1)C1CCOC2(CCOCC2)C1. The van der Waals surface area contributed by atoms with Crippen molar-refractivity contribution in [3.8, 4) is 0 Å². The molecule has 1 spiro atoms. The molecule has 0 bridgehead atoms. The summed E-state index contributed by atoms with van der Waals surface area (Å²) in [6.07, 6.45) is 13.7. The van der Waals surface area contributed by atoms with Gasteiger partial charge in [-0.25, -0.2) is 0 Å². The second-order valence-electron chi connectivity index (χ2n) is 7.10. The van der Waals surface area contributed by atoms with Crippen LogP contribution in [0.25, 0.3) is 0 Å². The summed E-state index contributed by atoms with van der Waals surface area (Å²) >= 11 is 0. The fourth-order valence-electron chi connectivity index (χ4n) is 4.38. The van der Waals surface area contributed by atoms with Crippen molar-refractivity contribution in [1.29, 1.82) is 0 Å². The predicted octanol–water partition coefficient (Wildman–Crippen LogP) is 3.44. The van der Waals surface area contributed by atoms with Crippen LogP contribution in [0.5, 0.6) is 0 Å². The van der Waals surface area contributed by atoms with E-state index in [9.17, 15) is 0 Å². The smallest absolute Gasteiger partial charge is 0.0729 e. The van der Waals surface area contributed by atoms with Gasteiger partial charge in [0, 0.05) is 25.9 Å². The number of hydrogen-bond donors (Lipinski definition) is 1. The van der Waals surface area contributed by atoms with Crippen molar-refractivity contribution in [2.75, 3.05) is 26.9 Å². The van der Waals surface area contributed by atoms with E-state index in [1.165, 1.54) is 44.9 Å². The number of nitrogens with one attached hydrogen (secondary N) is 1. The van der Waals surface area contributed by atoms with Gasteiger partial charge in [-0.2, -0.15) is 0 Å². The van der Waals surface area contributed by atoms with Crippen molar-refractivity contribution in [3.63, 3.8) is 0 Å². The van der Waals surface area contributed by atoms with Crippen molar-refractivity contribution in [1.82, 2.24) is 5.32 Å². The molecule has 2 heterocycles. The lowest BCUT2D eigenvalue weighted by molar-refractivity contribution is -0.150. The highest BCUT2D eigenvalue weighted by molar-refractivity contribution is 5.08. The summed E-state index contributed by atoms with van der Waals surface area (Å²) in [5.41, 5.74) is 1.81. The van der Waals surface area contributed by atoms with E-state index in [-0.39, 0.29) is 5.60 Å². The van der Waals surface area contributed by atoms with Crippen LogP contribution in [-0.2, 0) is 9.47 Å². The number of hydrogen-bond acceptors (Lipinski definition) is 3. The molecule has 0 aromatic carbocycles. The van der Waals surface area contributed by atoms with E-state index in [1.807, 2.05) is 0 Å². The maximum absolute atomic E-state index is 6.20. The van der Waals surface area contributed by atoms with E-state index in [0.29, 0.717) is 6.04 Å². The van der Waals surface area contributed by atoms with Crippen LogP contribution in [-0.4, -0.2) is 38.5 Å². The Labute approximate surface area is 129 Å². The predicted molar refractivity (Wildman–Crippen MR) is 85.5 cm³/mol. The zero-order chi connectivity index (χ0) is 14.5. The van der Waals surface area contributed by atoms with Gasteiger partial charge in [-0.05, 0) is 70.8 Å². The minimum atomic E-state index is 0.122. The molecule has 0 aromatic heterocycles. The molecule has 2 fully saturated rings. The average molecular weight is 293 g/mol. The Balaban J connectivity index is 1.61. The maximum Gasteiger partial charge on any atom is 0.0729 e. The lowest BCUT2D eigenvalue weighted by Gasteiger charge is -2.45. The summed E-state index contributed by atoms with van der Waals surface area (Å²) < 4.78 is 11.7. The Morgan fingerprint density at radius 1 is 1.29 bits per heavy atom. The van der Waals surface area contributed by atoms with Crippen molar-refractivity contribution in [2.45, 2.75) is 69.4 Å². The molecule has 3 rings (SSSR count). The van der Waals surface area contributed by atoms with Gasteiger partial charge in [0.15, 0.2) is 0 Å². The first kappa shape index (κ1) is 15.5. The summed E-state index contributed by atoms with van der Waals surface area (Å²) in [5.74, 6) is 0.754. The summed E-state index contributed by atoms with van der Waals surface area (Å²) in [7, 11) is 2.14. The van der Waals surface area contributed by atoms with E-state index in [2.05, 4.69) is 18.4 Å². The Kier molecular flexibility index (Phi) is 5.36. The second kappa shape index (κ2) is 7.26. The summed E-state index contributed by atoms with van der Waals surface area (Å²) in [6.45, 7) is 2.69. The lowest BCUT2D eigenvalue weighted by Crippen LogP contribution is -2.48. The zero-order valence-electron chi connectivity index (χ0n) is 13.5. The van der Waals surface area contributed by atoms with Crippen LogP contribution in [0.15, 0.2) is 11.6 Å². The summed E-state index contributed by atoms with van der Waals surface area (Å²) in [6, 6.07) is 0.623. The first-order valence-corrected chi connectivity index (χ1v) is 8.88. The molecule has 2 saturated heterocycles. The highest BCUT2D eigenvalue weighted by atomic mass is 16.5. The molecule has 2 unspecified atom stereocenters. The van der Waals surface area contributed by atoms with Crippen molar-refractivity contribution >= 4 is 0 Å². The maximum atomic E-state index is 6.20. The van der Waals surface area contributed by atoms with E-state index < -0.39 is 0 Å². The van der Waals surface area contributed by atoms with Crippen molar-refractivity contribution < 1.29 is 9.47 Å². The van der Waals surface area contributed by atoms with Gasteiger partial charge in [-0.15, -0.1) is 0 Å². The highest BCUT2D eigenvalue weighted by Gasteiger charge is 2.41. The molecule has 0 aromatic rings. The lowest BCUT2D eigenvalue weighted by atomic mass is 9.76. The van der Waals surface area contributed by atoms with Gasteiger partial charge in [0.05, 0.1) is 5.60 Å². The largest absolute Gasteiger partial charge is 0.381 e. The molecule has 2 atom stereocenters. The van der Waals surface area contributed by atoms with E-state index in [1.54, 1.807) is 5.57 Å². The summed E-state index contributed by atoms with van der Waals surface area (Å²) in [4.78, 5) is 0. The number of ether oxygens (including phenoxy) is 2. The molecule has 120 valence electrons. The molecule has 3 heteroatoms. The Bertz CT molecular complexity index is 355. The minimum Gasteiger partial charge on any atom is -0.381 e. The molecule has 21 heavy (non-hydrogen) atoms. The Morgan fingerprint density at radius 2 is 2.14 bits per heavy atom. The van der Waals surface area contributed by atoms with E-state index in [0.717, 1.165) is 38.6 Å². The Morgan fingerprint density at radius 3 is 2.86 bits per heavy atom. The van der Waals surface area contributed by atoms with Gasteiger partial charge < -0.3 is 14.8 Å². The second-order valence-corrected chi connectivity index (χ2v) is 7.10. The van der Waals surface area contributed by atoms with Gasteiger partial charge in [0.1, 0.15) is 0 Å². The van der Waals surface area contributed by atoms with Crippen LogP contribution < -0.4 is 5.32 Å². The molecule has 0 saturated carbocycles. The van der Waals surface area contributed by atoms with Crippen LogP contribution in [0.3, 0.4) is 0 Å². The van der Waals surface area contributed by atoms with E-state index in [4.69, 9.17) is 9.47 Å². The minimum absolute atomic E-state index is 0.122. The van der Waals surface area contributed by atoms with Gasteiger partial charge in [0.25, 0.3) is 0 Å². The molecular weight excluding hydrogens is 262 g/mol. The average Bonchev–Trinajstić information content (AvgIpc) is 2.54. The highest BCUT2D eigenvalue weighted by Crippen LogP contribution is 2.39. The number of rotatable bonds is 4. The first-order valence-electron chi connectivity index (χ1n) is 8.88. The monoisotopic (exact) mass is 293 g/mol. The van der Waals surface area contributed by atoms with Crippen molar-refractivity contribution in [3.05, 3.63) is 11.6 Å². The fraction of sp³-hybridized carbons (Fsp3) is 0.889. The molecule has 3 nitrogen and oxygen atoms in total. The third-order valence-corrected chi connectivity index (χ3v) is 5.74. The first-order chi connectivity index (χ1) is 10.3. The van der Waals surface area contributed by atoms with Gasteiger partial charge >= 0.3 is 0 Å². The zero-order valence-corrected chi connectivity index (χ0v) is 13.5. The van der Waals surface area contributed by atoms with Crippen molar-refractivity contribution in [2.24, 2.45) is 5.92 Å². The quantitative estimate of drug-likeness (QED) is 0.805. The third-order valence-electron chi connectivity index (χ3n) is 5.74. The molecular formula is C18H31NO2. The van der Waals surface area contributed by atoms with Gasteiger partial charge in [-0.1, -0.05) is 11.6 Å². The molecule has 1 aliphatic carbocycles. The summed E-state index contributed by atoms with van der Waals surface area (Å²) in [5, 5.41) is 3.61. The molecule has 0 radical (unpaired) electrons. The Hall–Kier alpha value is -0.380. The fourth-order valence-corrected chi connectivity index (χ4v) is 4.38. The molecule has 2 aliphatic heterocycles. The molecule has 3 aliphatic rings.